The highest BCUT2D eigenvalue weighted by molar-refractivity contribution is 5.81. The predicted molar refractivity (Wildman–Crippen MR) is 65.5 cm³/mol. The molecule has 1 aromatic carbocycles. The molecule has 3 rings (SSSR count). The Morgan fingerprint density at radius 2 is 2.06 bits per heavy atom. The number of imidazole rings is 1. The molecule has 0 aliphatic heterocycles. The van der Waals surface area contributed by atoms with Crippen LogP contribution in [-0.4, -0.2) is 19.9 Å². The van der Waals surface area contributed by atoms with Crippen LogP contribution in [-0.2, 0) is 6.54 Å². The number of rotatable bonds is 3. The lowest BCUT2D eigenvalue weighted by Gasteiger charge is -2.05. The average molecular weight is 226 g/mol. The first-order chi connectivity index (χ1) is 8.84. The maximum Gasteiger partial charge on any atom is 0.169 e. The van der Waals surface area contributed by atoms with Gasteiger partial charge in [0, 0.05) is 6.54 Å². The zero-order valence-corrected chi connectivity index (χ0v) is 9.04. The van der Waals surface area contributed by atoms with Gasteiger partial charge in [-0.05, 0) is 5.56 Å². The van der Waals surface area contributed by atoms with E-state index in [-0.39, 0.29) is 0 Å². The van der Waals surface area contributed by atoms with Crippen molar-refractivity contribution in [3.05, 3.63) is 48.5 Å². The Hall–Kier alpha value is -2.43. The second kappa shape index (κ2) is 4.21. The molecule has 5 heteroatoms. The fourth-order valence-corrected chi connectivity index (χ4v) is 1.64. The van der Waals surface area contributed by atoms with Gasteiger partial charge in [-0.1, -0.05) is 30.3 Å². The molecule has 2 heterocycles. The molecule has 0 bridgehead atoms. The van der Waals surface area contributed by atoms with E-state index in [1.807, 2.05) is 30.3 Å². The van der Waals surface area contributed by atoms with Crippen molar-refractivity contribution in [3.8, 4) is 0 Å². The maximum atomic E-state index is 7.57. The number of H-pyrrole nitrogens is 1. The number of anilines is 1. The maximum absolute atomic E-state index is 7.57. The van der Waals surface area contributed by atoms with Crippen LogP contribution in [0.2, 0.25) is 1.41 Å². The summed E-state index contributed by atoms with van der Waals surface area (Å²) in [6.07, 6.45) is 2.84. The van der Waals surface area contributed by atoms with E-state index in [9.17, 15) is 0 Å². The molecule has 0 atom stereocenters. The van der Waals surface area contributed by atoms with Crippen LogP contribution >= 0.6 is 0 Å². The van der Waals surface area contributed by atoms with Gasteiger partial charge in [-0.25, -0.2) is 15.0 Å². The van der Waals surface area contributed by atoms with Crippen LogP contribution in [0.4, 0.5) is 5.82 Å². The molecule has 0 unspecified atom stereocenters. The van der Waals surface area contributed by atoms with Crippen LogP contribution in [0.25, 0.3) is 11.2 Å². The van der Waals surface area contributed by atoms with E-state index in [1.165, 1.54) is 12.7 Å². The lowest BCUT2D eigenvalue weighted by Crippen LogP contribution is -2.02. The number of aromatic nitrogens is 4. The van der Waals surface area contributed by atoms with Gasteiger partial charge < -0.3 is 10.3 Å². The molecule has 0 aliphatic carbocycles. The molecule has 84 valence electrons. The molecule has 0 amide bonds. The first-order valence-corrected chi connectivity index (χ1v) is 5.30. The van der Waals surface area contributed by atoms with Crippen molar-refractivity contribution >= 4 is 17.0 Å². The van der Waals surface area contributed by atoms with E-state index in [1.54, 1.807) is 0 Å². The van der Waals surface area contributed by atoms with Crippen LogP contribution < -0.4 is 5.32 Å². The zero-order valence-electron chi connectivity index (χ0n) is 10.0. The summed E-state index contributed by atoms with van der Waals surface area (Å²) in [5.41, 5.74) is 2.28. The monoisotopic (exact) mass is 226 g/mol. The van der Waals surface area contributed by atoms with Gasteiger partial charge in [0.25, 0.3) is 0 Å². The van der Waals surface area contributed by atoms with Gasteiger partial charge in [0.2, 0.25) is 0 Å². The van der Waals surface area contributed by atoms with E-state index in [0.717, 1.165) is 10.5 Å². The standard InChI is InChI=1S/C12H11N5/c1-2-4-9(5-3-1)6-13-11-10-12(15-7-14-10)17-8-16-11/h1-5,7-8H,6H2,(H2,13,14,15,16,17)/i/hD. The summed E-state index contributed by atoms with van der Waals surface area (Å²) < 4.78 is 7.57. The number of hydrogen-bond donors (Lipinski definition) is 2. The Bertz CT molecular complexity index is 665. The number of fused-ring (bicyclic) bond motifs is 1. The highest BCUT2D eigenvalue weighted by atomic mass is 15.1. The molecule has 3 aromatic rings. The third kappa shape index (κ3) is 1.94. The summed E-state index contributed by atoms with van der Waals surface area (Å²) in [5.74, 6) is 0.648. The molecule has 0 saturated carbocycles. The molecule has 0 aliphatic rings. The molecule has 17 heavy (non-hydrogen) atoms. The van der Waals surface area contributed by atoms with Gasteiger partial charge >= 0.3 is 0 Å². The number of benzene rings is 1. The Kier molecular flexibility index (Phi) is 2.15. The Labute approximate surface area is 99.4 Å². The van der Waals surface area contributed by atoms with Crippen LogP contribution in [0.5, 0.6) is 0 Å². The van der Waals surface area contributed by atoms with E-state index in [4.69, 9.17) is 1.41 Å². The largest absolute Gasteiger partial charge is 0.364 e. The molecule has 2 aromatic heterocycles. The molecule has 2 N–H and O–H groups in total. The van der Waals surface area contributed by atoms with Crippen LogP contribution in [0.15, 0.2) is 43.0 Å². The van der Waals surface area contributed by atoms with Crippen molar-refractivity contribution in [1.82, 2.24) is 19.9 Å². The highest BCUT2D eigenvalue weighted by Gasteiger charge is 2.04. The van der Waals surface area contributed by atoms with Gasteiger partial charge in [0.15, 0.2) is 12.9 Å². The average Bonchev–Trinajstić information content (AvgIpc) is 2.80. The molecule has 0 spiro atoms. The number of nitrogens with zero attached hydrogens (tertiary/aromatic N) is 3. The smallest absolute Gasteiger partial charge is 0.169 e. The Morgan fingerprint density at radius 3 is 2.94 bits per heavy atom. The fraction of sp³-hybridized carbons (Fsp3) is 0.0833. The normalized spacial score (nSPS) is 11.4. The van der Waals surface area contributed by atoms with Gasteiger partial charge in [-0.3, -0.25) is 0 Å². The SMILES string of the molecule is [2H]n1cnc2c(NCc3ccccc3)ncnc21. The molecular weight excluding hydrogens is 214 g/mol. The van der Waals surface area contributed by atoms with Gasteiger partial charge in [0.1, 0.15) is 11.8 Å². The Morgan fingerprint density at radius 1 is 1.18 bits per heavy atom. The summed E-state index contributed by atoms with van der Waals surface area (Å²) in [5, 5.41) is 3.21. The van der Waals surface area contributed by atoms with Crippen LogP contribution in [0.1, 0.15) is 5.56 Å². The van der Waals surface area contributed by atoms with Gasteiger partial charge in [0.05, 0.1) is 6.33 Å². The van der Waals surface area contributed by atoms with Gasteiger partial charge in [-0.2, -0.15) is 0 Å². The molecule has 0 fully saturated rings. The second-order valence-corrected chi connectivity index (χ2v) is 3.61. The first kappa shape index (κ1) is 8.69. The van der Waals surface area contributed by atoms with Crippen molar-refractivity contribution in [3.63, 3.8) is 0 Å². The summed E-state index contributed by atoms with van der Waals surface area (Å²) in [6.45, 7) is 0.664. The second-order valence-electron chi connectivity index (χ2n) is 3.61. The third-order valence-electron chi connectivity index (χ3n) is 2.47. The summed E-state index contributed by atoms with van der Waals surface area (Å²) >= 11 is 0. The topological polar surface area (TPSA) is 66.5 Å². The zero-order chi connectivity index (χ0) is 12.4. The number of hydrogen-bond acceptors (Lipinski definition) is 4. The lowest BCUT2D eigenvalue weighted by atomic mass is 10.2. The number of aromatic amines is 1. The van der Waals surface area contributed by atoms with Crippen molar-refractivity contribution in [2.45, 2.75) is 6.54 Å². The molecule has 0 saturated heterocycles. The van der Waals surface area contributed by atoms with Crippen molar-refractivity contribution < 1.29 is 1.41 Å². The van der Waals surface area contributed by atoms with Crippen LogP contribution in [0.3, 0.4) is 0 Å². The lowest BCUT2D eigenvalue weighted by molar-refractivity contribution is 1.10. The summed E-state index contributed by atoms with van der Waals surface area (Å²) in [4.78, 5) is 13.4. The van der Waals surface area contributed by atoms with E-state index >= 15 is 0 Å². The highest BCUT2D eigenvalue weighted by Crippen LogP contribution is 2.15. The summed E-state index contributed by atoms with van der Waals surface area (Å²) in [6, 6.07) is 10.0. The predicted octanol–water partition coefficient (Wildman–Crippen LogP) is 1.96. The summed E-state index contributed by atoms with van der Waals surface area (Å²) in [7, 11) is 0. The van der Waals surface area contributed by atoms with E-state index in [2.05, 4.69) is 20.3 Å². The minimum atomic E-state index is 0.501. The number of nitrogens with one attached hydrogen (secondary N) is 2. The minimum absolute atomic E-state index is 0.501. The molecule has 0 radical (unpaired) electrons. The molecule has 5 nitrogen and oxygen atoms in total. The van der Waals surface area contributed by atoms with Crippen LogP contribution in [0, 0.1) is 0 Å². The quantitative estimate of drug-likeness (QED) is 0.716. The van der Waals surface area contributed by atoms with Crippen molar-refractivity contribution in [2.75, 3.05) is 5.32 Å². The fourth-order valence-electron chi connectivity index (χ4n) is 1.64. The van der Waals surface area contributed by atoms with Crippen molar-refractivity contribution in [1.29, 1.82) is 0 Å². The van der Waals surface area contributed by atoms with Gasteiger partial charge in [-0.15, -0.1) is 0 Å². The van der Waals surface area contributed by atoms with E-state index < -0.39 is 0 Å². The Balaban J connectivity index is 1.87. The third-order valence-corrected chi connectivity index (χ3v) is 2.47. The van der Waals surface area contributed by atoms with Crippen molar-refractivity contribution in [2.24, 2.45) is 0 Å². The van der Waals surface area contributed by atoms with E-state index in [0.29, 0.717) is 23.5 Å². The molecular formula is C12H11N5. The minimum Gasteiger partial charge on any atom is -0.364 e. The first-order valence-electron chi connectivity index (χ1n) is 5.74.